The van der Waals surface area contributed by atoms with Crippen molar-refractivity contribution in [1.82, 2.24) is 29.8 Å². The van der Waals surface area contributed by atoms with E-state index in [0.29, 0.717) is 47.7 Å². The Hall–Kier alpha value is -2.79. The van der Waals surface area contributed by atoms with Gasteiger partial charge >= 0.3 is 5.91 Å². The molecule has 0 radical (unpaired) electrons. The first-order valence-corrected chi connectivity index (χ1v) is 13.7. The number of nitrogens with two attached hydrogens (primary N) is 2. The van der Waals surface area contributed by atoms with Crippen molar-refractivity contribution >= 4 is 62.0 Å². The average Bonchev–Trinajstić information content (AvgIpc) is 3.40. The highest BCUT2D eigenvalue weighted by Crippen LogP contribution is 2.32. The molecule has 15 heteroatoms. The second kappa shape index (κ2) is 9.59. The number of carbonyl (C=O) groups excluding carboxylic acids is 2. The number of amides is 2. The maximum atomic E-state index is 13.2. The molecule has 3 heterocycles. The van der Waals surface area contributed by atoms with Gasteiger partial charge in [0.2, 0.25) is 10.0 Å². The Morgan fingerprint density at radius 3 is 2.50 bits per heavy atom. The molecular formula is C21H28IN9O4S. The summed E-state index contributed by atoms with van der Waals surface area (Å²) in [6.45, 7) is 3.27. The Bertz CT molecular complexity index is 1330. The number of likely N-dealkylation sites (tertiary alicyclic amines) is 1. The van der Waals surface area contributed by atoms with Crippen molar-refractivity contribution in [3.05, 3.63) is 31.5 Å². The standard InChI is InChI=1S/C21H28IN9O4S/c1-11-8-12(36(34,35)30(2)3)9-13(11)19(33)31-6-4-21(5-7-31)10-25-20(29-21)28-18(32)14-16(23)27-17(24)15(22)26-14/h9H,4-8,10H2,1-3H3,(H4,23,24,27)(H2,25,28,29,32). The molecule has 0 saturated carbocycles. The normalized spacial score (nSPS) is 20.6. The van der Waals surface area contributed by atoms with Crippen LogP contribution in [-0.4, -0.2) is 84.6 Å². The molecule has 1 aliphatic carbocycles. The number of sulfonamides is 1. The summed E-state index contributed by atoms with van der Waals surface area (Å²) in [6.07, 6.45) is 2.98. The minimum atomic E-state index is -3.57. The number of nitrogens with zero attached hydrogens (tertiary/aromatic N) is 5. The van der Waals surface area contributed by atoms with Crippen LogP contribution in [0.5, 0.6) is 0 Å². The van der Waals surface area contributed by atoms with E-state index >= 15 is 0 Å². The first-order valence-electron chi connectivity index (χ1n) is 11.2. The Labute approximate surface area is 222 Å². The smallest absolute Gasteiger partial charge is 0.302 e. The number of piperidine rings is 1. The van der Waals surface area contributed by atoms with Gasteiger partial charge in [-0.05, 0) is 48.4 Å². The summed E-state index contributed by atoms with van der Waals surface area (Å²) in [5.74, 6) is -0.452. The van der Waals surface area contributed by atoms with Gasteiger partial charge in [0.1, 0.15) is 3.70 Å². The molecule has 1 aromatic heterocycles. The molecule has 0 bridgehead atoms. The number of anilines is 2. The van der Waals surface area contributed by atoms with Gasteiger partial charge in [-0.25, -0.2) is 22.7 Å². The summed E-state index contributed by atoms with van der Waals surface area (Å²) in [5.41, 5.74) is 12.2. The number of nitrogen functional groups attached to an aromatic ring is 2. The number of hydrogen-bond donors (Lipinski definition) is 4. The van der Waals surface area contributed by atoms with Gasteiger partial charge in [-0.15, -0.1) is 0 Å². The van der Waals surface area contributed by atoms with E-state index in [9.17, 15) is 18.0 Å². The monoisotopic (exact) mass is 629 g/mol. The van der Waals surface area contributed by atoms with E-state index in [-0.39, 0.29) is 40.1 Å². The molecular weight excluding hydrogens is 601 g/mol. The zero-order valence-corrected chi connectivity index (χ0v) is 23.1. The lowest BCUT2D eigenvalue weighted by Gasteiger charge is -2.38. The van der Waals surface area contributed by atoms with Crippen LogP contribution < -0.4 is 22.1 Å². The number of rotatable bonds is 4. The third kappa shape index (κ3) is 4.90. The zero-order valence-electron chi connectivity index (χ0n) is 20.1. The van der Waals surface area contributed by atoms with Crippen molar-refractivity contribution in [2.75, 3.05) is 45.2 Å². The first kappa shape index (κ1) is 26.3. The van der Waals surface area contributed by atoms with Gasteiger partial charge in [0, 0.05) is 45.7 Å². The van der Waals surface area contributed by atoms with Crippen molar-refractivity contribution in [3.8, 4) is 0 Å². The van der Waals surface area contributed by atoms with E-state index in [1.165, 1.54) is 20.2 Å². The summed E-state index contributed by atoms with van der Waals surface area (Å²) in [7, 11) is -0.620. The van der Waals surface area contributed by atoms with Crippen molar-refractivity contribution < 1.29 is 18.0 Å². The van der Waals surface area contributed by atoms with Gasteiger partial charge in [-0.2, -0.15) is 4.99 Å². The molecule has 3 aliphatic rings. The van der Waals surface area contributed by atoms with Crippen LogP contribution in [0.4, 0.5) is 11.6 Å². The largest absolute Gasteiger partial charge is 0.382 e. The zero-order chi connectivity index (χ0) is 26.4. The summed E-state index contributed by atoms with van der Waals surface area (Å²) >= 11 is 1.87. The third-order valence-electron chi connectivity index (χ3n) is 6.55. The van der Waals surface area contributed by atoms with Crippen LogP contribution >= 0.6 is 22.6 Å². The molecule has 0 aromatic carbocycles. The molecule has 4 rings (SSSR count). The Morgan fingerprint density at radius 1 is 1.19 bits per heavy atom. The number of aromatic nitrogens is 2. The number of aliphatic imine (C=N–C) groups is 1. The highest BCUT2D eigenvalue weighted by atomic mass is 127. The lowest BCUT2D eigenvalue weighted by Crippen LogP contribution is -2.54. The van der Waals surface area contributed by atoms with Gasteiger partial charge < -0.3 is 27.0 Å². The summed E-state index contributed by atoms with van der Waals surface area (Å²) in [6, 6.07) is 0. The lowest BCUT2D eigenvalue weighted by atomic mass is 9.88. The Balaban J connectivity index is 1.40. The van der Waals surface area contributed by atoms with E-state index in [1.807, 2.05) is 22.6 Å². The van der Waals surface area contributed by atoms with Crippen molar-refractivity contribution in [3.63, 3.8) is 0 Å². The second-order valence-electron chi connectivity index (χ2n) is 9.22. The van der Waals surface area contributed by atoms with E-state index in [4.69, 9.17) is 11.5 Å². The topological polar surface area (TPSA) is 189 Å². The van der Waals surface area contributed by atoms with Crippen LogP contribution in [0, 0.1) is 3.70 Å². The van der Waals surface area contributed by atoms with E-state index < -0.39 is 15.9 Å². The molecule has 1 spiro atoms. The predicted molar refractivity (Wildman–Crippen MR) is 143 cm³/mol. The maximum absolute atomic E-state index is 13.2. The average molecular weight is 629 g/mol. The number of guanidine groups is 1. The fourth-order valence-electron chi connectivity index (χ4n) is 4.36. The highest BCUT2D eigenvalue weighted by molar-refractivity contribution is 14.1. The second-order valence-corrected chi connectivity index (χ2v) is 12.4. The molecule has 2 amide bonds. The molecule has 13 nitrogen and oxygen atoms in total. The maximum Gasteiger partial charge on any atom is 0.302 e. The van der Waals surface area contributed by atoms with Crippen molar-refractivity contribution in [1.29, 1.82) is 0 Å². The van der Waals surface area contributed by atoms with Crippen molar-refractivity contribution in [2.45, 2.75) is 31.7 Å². The molecule has 2 aliphatic heterocycles. The van der Waals surface area contributed by atoms with Crippen molar-refractivity contribution in [2.24, 2.45) is 4.99 Å². The number of hydrogen-bond acceptors (Lipinski definition) is 8. The summed E-state index contributed by atoms with van der Waals surface area (Å²) < 4.78 is 26.5. The molecule has 36 heavy (non-hydrogen) atoms. The molecule has 1 aromatic rings. The molecule has 6 N–H and O–H groups in total. The van der Waals surface area contributed by atoms with Crippen LogP contribution in [0.1, 0.15) is 36.7 Å². The van der Waals surface area contributed by atoms with Crippen LogP contribution in [-0.2, 0) is 14.8 Å². The van der Waals surface area contributed by atoms with Gasteiger partial charge in [0.05, 0.1) is 10.4 Å². The lowest BCUT2D eigenvalue weighted by molar-refractivity contribution is -0.128. The Kier molecular flexibility index (Phi) is 7.00. The molecule has 2 fully saturated rings. The fraction of sp³-hybridized carbons (Fsp3) is 0.476. The summed E-state index contributed by atoms with van der Waals surface area (Å²) in [4.78, 5) is 39.8. The quantitative estimate of drug-likeness (QED) is 0.325. The number of carbonyl (C=O) groups is 2. The predicted octanol–water partition coefficient (Wildman–Crippen LogP) is -0.209. The summed E-state index contributed by atoms with van der Waals surface area (Å²) in [5, 5.41) is 6.40. The van der Waals surface area contributed by atoms with Gasteiger partial charge in [0.15, 0.2) is 23.3 Å². The third-order valence-corrected chi connectivity index (χ3v) is 9.23. The van der Waals surface area contributed by atoms with Crippen LogP contribution in [0.15, 0.2) is 27.1 Å². The highest BCUT2D eigenvalue weighted by Gasteiger charge is 2.41. The number of nitrogens with one attached hydrogen (secondary N) is 2. The first-order chi connectivity index (χ1) is 16.8. The Morgan fingerprint density at radius 2 is 1.86 bits per heavy atom. The van der Waals surface area contributed by atoms with Crippen LogP contribution in [0.2, 0.25) is 0 Å². The minimum absolute atomic E-state index is 0.0741. The minimum Gasteiger partial charge on any atom is -0.382 e. The van der Waals surface area contributed by atoms with Crippen LogP contribution in [0.3, 0.4) is 0 Å². The van der Waals surface area contributed by atoms with E-state index in [2.05, 4.69) is 25.6 Å². The van der Waals surface area contributed by atoms with Gasteiger partial charge in [-0.3, -0.25) is 9.59 Å². The fourth-order valence-corrected chi connectivity index (χ4v) is 5.86. The molecule has 194 valence electrons. The van der Waals surface area contributed by atoms with E-state index in [1.54, 1.807) is 11.8 Å². The van der Waals surface area contributed by atoms with Crippen LogP contribution in [0.25, 0.3) is 0 Å². The van der Waals surface area contributed by atoms with Gasteiger partial charge in [-0.1, -0.05) is 5.57 Å². The van der Waals surface area contributed by atoms with E-state index in [0.717, 1.165) is 9.88 Å². The molecule has 0 atom stereocenters. The molecule has 2 saturated heterocycles. The SMILES string of the molecule is CC1=C(C(=O)N2CCC3(CC2)CN/C(=N\C(=O)c2nc(I)c(N)nc2N)N3)C=C(S(=O)(=O)N(C)C)C1. The van der Waals surface area contributed by atoms with Gasteiger partial charge in [0.25, 0.3) is 5.91 Å². The number of halogens is 1. The molecule has 0 unspecified atom stereocenters. The number of allylic oxidation sites excluding steroid dienone is 2.